The van der Waals surface area contributed by atoms with E-state index in [1.165, 1.54) is 56.4 Å². The Hall–Kier alpha value is -2.80. The lowest BCUT2D eigenvalue weighted by atomic mass is 9.89. The Morgan fingerprint density at radius 2 is 1.42 bits per heavy atom. The van der Waals surface area contributed by atoms with E-state index in [2.05, 4.69) is 4.90 Å². The first-order valence-electron chi connectivity index (χ1n) is 13.6. The summed E-state index contributed by atoms with van der Waals surface area (Å²) in [5.41, 5.74) is 3.01. The van der Waals surface area contributed by atoms with Crippen molar-refractivity contribution >= 4 is 11.8 Å². The summed E-state index contributed by atoms with van der Waals surface area (Å²) in [6.45, 7) is 6.62. The molecule has 0 N–H and O–H groups in total. The quantitative estimate of drug-likeness (QED) is 0.624. The zero-order valence-corrected chi connectivity index (χ0v) is 21.3. The second kappa shape index (κ2) is 11.1. The van der Waals surface area contributed by atoms with Crippen LogP contribution in [0.5, 0.6) is 0 Å². The lowest BCUT2D eigenvalue weighted by molar-refractivity contribution is 0.0519. The molecule has 1 aromatic carbocycles. The first kappa shape index (κ1) is 24.9. The third kappa shape index (κ3) is 5.46. The molecule has 3 heterocycles. The third-order valence-corrected chi connectivity index (χ3v) is 8.25. The lowest BCUT2D eigenvalue weighted by Gasteiger charge is -2.41. The van der Waals surface area contributed by atoms with Crippen LogP contribution in [-0.4, -0.2) is 76.8 Å². The third-order valence-electron chi connectivity index (χ3n) is 8.25. The number of likely N-dealkylation sites (tertiary alicyclic amines) is 1. The van der Waals surface area contributed by atoms with Crippen LogP contribution in [0.2, 0.25) is 0 Å². The molecule has 0 atom stereocenters. The van der Waals surface area contributed by atoms with E-state index >= 15 is 0 Å². The van der Waals surface area contributed by atoms with Crippen LogP contribution in [0, 0.1) is 12.7 Å². The highest BCUT2D eigenvalue weighted by molar-refractivity contribution is 5.96. The van der Waals surface area contributed by atoms with Gasteiger partial charge in [-0.25, -0.2) is 4.39 Å². The Labute approximate surface area is 213 Å². The molecule has 7 heteroatoms. The van der Waals surface area contributed by atoms with Crippen LogP contribution in [0.15, 0.2) is 36.4 Å². The van der Waals surface area contributed by atoms with Crippen LogP contribution in [-0.2, 0) is 0 Å². The minimum atomic E-state index is -0.344. The molecule has 2 aromatic rings. The molecule has 1 aromatic heterocycles. The highest BCUT2D eigenvalue weighted by Gasteiger charge is 2.32. The maximum atomic E-state index is 13.6. The zero-order valence-electron chi connectivity index (χ0n) is 21.3. The van der Waals surface area contributed by atoms with Gasteiger partial charge in [0.25, 0.3) is 11.8 Å². The summed E-state index contributed by atoms with van der Waals surface area (Å²) < 4.78 is 13.2. The van der Waals surface area contributed by atoms with Crippen LogP contribution in [0.3, 0.4) is 0 Å². The SMILES string of the molecule is Cc1ccc(C(=O)N2CCN(C3CCCCC3)CC2)c(C2CCN(C(=O)c3ccc(F)cc3)CC2)n1. The minimum Gasteiger partial charge on any atom is -0.339 e. The van der Waals surface area contributed by atoms with Crippen LogP contribution < -0.4 is 0 Å². The second-order valence-electron chi connectivity index (χ2n) is 10.6. The molecule has 2 saturated heterocycles. The van der Waals surface area contributed by atoms with Crippen molar-refractivity contribution in [2.75, 3.05) is 39.3 Å². The predicted octanol–water partition coefficient (Wildman–Crippen LogP) is 4.64. The molecule has 1 aliphatic carbocycles. The van der Waals surface area contributed by atoms with E-state index in [0.29, 0.717) is 24.7 Å². The molecule has 0 unspecified atom stereocenters. The van der Waals surface area contributed by atoms with Crippen molar-refractivity contribution in [1.82, 2.24) is 19.7 Å². The number of piperidine rings is 1. The summed E-state index contributed by atoms with van der Waals surface area (Å²) in [4.78, 5) is 37.7. The van der Waals surface area contributed by atoms with E-state index in [0.717, 1.165) is 56.0 Å². The van der Waals surface area contributed by atoms with E-state index in [1.807, 2.05) is 28.9 Å². The van der Waals surface area contributed by atoms with E-state index in [1.54, 1.807) is 0 Å². The van der Waals surface area contributed by atoms with Gasteiger partial charge in [-0.2, -0.15) is 0 Å². The summed E-state index contributed by atoms with van der Waals surface area (Å²) in [6.07, 6.45) is 8.13. The number of halogens is 1. The fourth-order valence-corrected chi connectivity index (χ4v) is 6.11. The van der Waals surface area contributed by atoms with Gasteiger partial charge in [0, 0.05) is 62.5 Å². The molecule has 0 radical (unpaired) electrons. The first-order chi connectivity index (χ1) is 17.5. The van der Waals surface area contributed by atoms with Crippen molar-refractivity contribution in [3.05, 3.63) is 64.7 Å². The lowest BCUT2D eigenvalue weighted by Crippen LogP contribution is -2.52. The molecule has 6 nitrogen and oxygen atoms in total. The van der Waals surface area contributed by atoms with Crippen molar-refractivity contribution < 1.29 is 14.0 Å². The van der Waals surface area contributed by atoms with Gasteiger partial charge in [-0.15, -0.1) is 0 Å². The minimum absolute atomic E-state index is 0.0715. The van der Waals surface area contributed by atoms with Gasteiger partial charge in [-0.1, -0.05) is 19.3 Å². The van der Waals surface area contributed by atoms with Gasteiger partial charge in [-0.05, 0) is 69.0 Å². The summed E-state index contributed by atoms with van der Waals surface area (Å²) in [7, 11) is 0. The Bertz CT molecular complexity index is 1070. The van der Waals surface area contributed by atoms with Gasteiger partial charge >= 0.3 is 0 Å². The summed E-state index contributed by atoms with van der Waals surface area (Å²) in [6, 6.07) is 10.3. The van der Waals surface area contributed by atoms with E-state index in [-0.39, 0.29) is 23.5 Å². The largest absolute Gasteiger partial charge is 0.339 e. The number of rotatable bonds is 4. The molecule has 3 aliphatic rings. The number of carbonyl (C=O) groups excluding carboxylic acids is 2. The van der Waals surface area contributed by atoms with E-state index in [4.69, 9.17) is 4.98 Å². The fraction of sp³-hybridized carbons (Fsp3) is 0.552. The molecular formula is C29H37FN4O2. The summed E-state index contributed by atoms with van der Waals surface area (Å²) in [5, 5.41) is 0. The molecule has 0 bridgehead atoms. The van der Waals surface area contributed by atoms with E-state index < -0.39 is 0 Å². The fourth-order valence-electron chi connectivity index (χ4n) is 6.11. The number of carbonyl (C=O) groups is 2. The molecule has 3 fully saturated rings. The van der Waals surface area contributed by atoms with Crippen molar-refractivity contribution in [3.8, 4) is 0 Å². The molecule has 2 aliphatic heterocycles. The number of hydrogen-bond donors (Lipinski definition) is 0. The number of piperazine rings is 1. The highest BCUT2D eigenvalue weighted by atomic mass is 19.1. The van der Waals surface area contributed by atoms with Crippen LogP contribution in [0.25, 0.3) is 0 Å². The molecule has 192 valence electrons. The number of nitrogens with zero attached hydrogens (tertiary/aromatic N) is 4. The van der Waals surface area contributed by atoms with Crippen molar-refractivity contribution in [2.24, 2.45) is 0 Å². The van der Waals surface area contributed by atoms with Crippen molar-refractivity contribution in [2.45, 2.75) is 63.8 Å². The number of aryl methyl sites for hydroxylation is 1. The van der Waals surface area contributed by atoms with Gasteiger partial charge < -0.3 is 9.80 Å². The molecule has 1 saturated carbocycles. The molecule has 5 rings (SSSR count). The van der Waals surface area contributed by atoms with Gasteiger partial charge in [0.15, 0.2) is 0 Å². The summed E-state index contributed by atoms with van der Waals surface area (Å²) in [5.74, 6) is -0.184. The topological polar surface area (TPSA) is 56.8 Å². The molecule has 36 heavy (non-hydrogen) atoms. The highest BCUT2D eigenvalue weighted by Crippen LogP contribution is 2.31. The Balaban J connectivity index is 1.23. The molecule has 2 amide bonds. The number of benzene rings is 1. The standard InChI is InChI=1S/C29H37FN4O2/c1-21-7-12-26(29(36)34-19-17-32(18-20-34)25-5-3-2-4-6-25)27(31-21)22-13-15-33(16-14-22)28(35)23-8-10-24(30)11-9-23/h7-12,22,25H,2-6,13-20H2,1H3. The zero-order chi connectivity index (χ0) is 25.1. The Morgan fingerprint density at radius 3 is 2.08 bits per heavy atom. The smallest absolute Gasteiger partial charge is 0.255 e. The van der Waals surface area contributed by atoms with Gasteiger partial charge in [0.05, 0.1) is 11.3 Å². The Morgan fingerprint density at radius 1 is 0.778 bits per heavy atom. The first-order valence-corrected chi connectivity index (χ1v) is 13.6. The Kier molecular flexibility index (Phi) is 7.65. The predicted molar refractivity (Wildman–Crippen MR) is 138 cm³/mol. The van der Waals surface area contributed by atoms with Crippen molar-refractivity contribution in [3.63, 3.8) is 0 Å². The van der Waals surface area contributed by atoms with Crippen LogP contribution in [0.4, 0.5) is 4.39 Å². The molecular weight excluding hydrogens is 455 g/mol. The van der Waals surface area contributed by atoms with E-state index in [9.17, 15) is 14.0 Å². The number of hydrogen-bond acceptors (Lipinski definition) is 4. The molecule has 0 spiro atoms. The number of pyridine rings is 1. The van der Waals surface area contributed by atoms with Gasteiger partial charge in [-0.3, -0.25) is 19.5 Å². The number of amides is 2. The van der Waals surface area contributed by atoms with Crippen molar-refractivity contribution in [1.29, 1.82) is 0 Å². The monoisotopic (exact) mass is 492 g/mol. The number of aromatic nitrogens is 1. The maximum Gasteiger partial charge on any atom is 0.255 e. The maximum absolute atomic E-state index is 13.6. The van der Waals surface area contributed by atoms with Gasteiger partial charge in [0.1, 0.15) is 5.82 Å². The average molecular weight is 493 g/mol. The van der Waals surface area contributed by atoms with Gasteiger partial charge in [0.2, 0.25) is 0 Å². The summed E-state index contributed by atoms with van der Waals surface area (Å²) >= 11 is 0. The normalized spacial score (nSPS) is 20.5. The second-order valence-corrected chi connectivity index (χ2v) is 10.6. The van der Waals surface area contributed by atoms with Crippen LogP contribution >= 0.6 is 0 Å². The van der Waals surface area contributed by atoms with Crippen LogP contribution in [0.1, 0.15) is 83.0 Å². The average Bonchev–Trinajstić information content (AvgIpc) is 2.93.